The summed E-state index contributed by atoms with van der Waals surface area (Å²) in [6.07, 6.45) is 0. The Balaban J connectivity index is 1.65. The van der Waals surface area contributed by atoms with Crippen molar-refractivity contribution in [3.8, 4) is 0 Å². The first-order valence-electron chi connectivity index (χ1n) is 6.46. The summed E-state index contributed by atoms with van der Waals surface area (Å²) in [7, 11) is 0. The van der Waals surface area contributed by atoms with Crippen molar-refractivity contribution in [1.82, 2.24) is 5.32 Å². The first-order valence-corrected chi connectivity index (χ1v) is 7.28. The van der Waals surface area contributed by atoms with Gasteiger partial charge in [0.25, 0.3) is 0 Å². The lowest BCUT2D eigenvalue weighted by molar-refractivity contribution is 0.103. The average Bonchev–Trinajstić information content (AvgIpc) is 3.14. The number of nitrogens with one attached hydrogen (secondary N) is 1. The van der Waals surface area contributed by atoms with Crippen LogP contribution in [0.25, 0.3) is 0 Å². The van der Waals surface area contributed by atoms with E-state index in [-0.39, 0.29) is 5.78 Å². The lowest BCUT2D eigenvalue weighted by Gasteiger charge is -2.01. The van der Waals surface area contributed by atoms with E-state index in [1.54, 1.807) is 0 Å². The normalized spacial score (nSPS) is 19.8. The summed E-state index contributed by atoms with van der Waals surface area (Å²) in [5.74, 6) is 0.991. The van der Waals surface area contributed by atoms with Crippen molar-refractivity contribution in [2.45, 2.75) is 4.90 Å². The van der Waals surface area contributed by atoms with E-state index in [1.807, 2.05) is 54.6 Å². The Morgan fingerprint density at radius 1 is 1.00 bits per heavy atom. The molecule has 102 valence electrons. The summed E-state index contributed by atoms with van der Waals surface area (Å²) >= 11 is 1.41. The molecule has 2 heterocycles. The van der Waals surface area contributed by atoms with E-state index in [0.29, 0.717) is 22.2 Å². The summed E-state index contributed by atoms with van der Waals surface area (Å²) in [6.45, 7) is 0. The van der Waals surface area contributed by atoms with Crippen molar-refractivity contribution >= 4 is 23.4 Å². The maximum Gasteiger partial charge on any atom is 0.246 e. The lowest BCUT2D eigenvalue weighted by atomic mass is 10.1. The molecule has 0 radical (unpaired) electrons. The largest absolute Gasteiger partial charge is 0.335 e. The number of amidine groups is 1. The number of thioether (sulfide) groups is 1. The maximum atomic E-state index is 12.4. The molecule has 2 aliphatic heterocycles. The van der Waals surface area contributed by atoms with E-state index >= 15 is 0 Å². The van der Waals surface area contributed by atoms with Gasteiger partial charge in [0.1, 0.15) is 4.91 Å². The monoisotopic (exact) mass is 294 g/mol. The number of fused-ring (bicyclic) bond motifs is 1. The minimum atomic E-state index is -0.0254. The molecule has 0 aromatic heterocycles. The van der Waals surface area contributed by atoms with E-state index in [1.165, 1.54) is 11.8 Å². The van der Waals surface area contributed by atoms with Gasteiger partial charge in [-0.15, -0.1) is 0 Å². The molecule has 0 atom stereocenters. The van der Waals surface area contributed by atoms with Crippen LogP contribution >= 0.6 is 11.8 Å². The maximum absolute atomic E-state index is 12.4. The van der Waals surface area contributed by atoms with Crippen LogP contribution in [0.1, 0.15) is 15.9 Å². The van der Waals surface area contributed by atoms with E-state index in [9.17, 15) is 4.79 Å². The lowest BCUT2D eigenvalue weighted by Crippen LogP contribution is -2.19. The van der Waals surface area contributed by atoms with Crippen molar-refractivity contribution < 1.29 is 9.63 Å². The Labute approximate surface area is 125 Å². The molecule has 0 spiro atoms. The van der Waals surface area contributed by atoms with Gasteiger partial charge in [0.15, 0.2) is 5.84 Å². The molecule has 4 rings (SSSR count). The van der Waals surface area contributed by atoms with Gasteiger partial charge in [0.05, 0.1) is 0 Å². The minimum Gasteiger partial charge on any atom is -0.335 e. The number of ketones is 1. The molecule has 2 aromatic rings. The molecule has 0 aliphatic carbocycles. The number of carbonyl (C=O) groups is 1. The number of allylic oxidation sites excluding steroid dienone is 1. The van der Waals surface area contributed by atoms with Gasteiger partial charge in [-0.3, -0.25) is 4.79 Å². The van der Waals surface area contributed by atoms with E-state index < -0.39 is 0 Å². The van der Waals surface area contributed by atoms with Crippen LogP contribution < -0.4 is 5.32 Å². The quantitative estimate of drug-likeness (QED) is 0.821. The van der Waals surface area contributed by atoms with Gasteiger partial charge >= 0.3 is 0 Å². The summed E-state index contributed by atoms with van der Waals surface area (Å²) in [4.78, 5) is 19.2. The second kappa shape index (κ2) is 4.79. The average molecular weight is 294 g/mol. The zero-order chi connectivity index (χ0) is 14.2. The zero-order valence-corrected chi connectivity index (χ0v) is 11.7. The van der Waals surface area contributed by atoms with Crippen LogP contribution in [0.4, 0.5) is 0 Å². The Bertz CT molecular complexity index is 797. The van der Waals surface area contributed by atoms with Gasteiger partial charge in [-0.2, -0.15) is 0 Å². The number of hydrogen-bond donors (Lipinski definition) is 1. The number of benzene rings is 2. The molecule has 2 aromatic carbocycles. The third-order valence-corrected chi connectivity index (χ3v) is 4.41. The van der Waals surface area contributed by atoms with Crippen molar-refractivity contribution in [3.05, 3.63) is 76.5 Å². The highest BCUT2D eigenvalue weighted by atomic mass is 32.2. The highest BCUT2D eigenvalue weighted by Crippen LogP contribution is 2.41. The predicted molar refractivity (Wildman–Crippen MR) is 80.9 cm³/mol. The number of hydrogen-bond acceptors (Lipinski definition) is 5. The highest BCUT2D eigenvalue weighted by molar-refractivity contribution is 8.04. The Morgan fingerprint density at radius 3 is 2.57 bits per heavy atom. The van der Waals surface area contributed by atoms with Gasteiger partial charge in [-0.25, -0.2) is 0 Å². The number of rotatable bonds is 1. The molecule has 0 saturated heterocycles. The molecule has 5 heteroatoms. The molecule has 0 fully saturated rings. The minimum absolute atomic E-state index is 0.0254. The predicted octanol–water partition coefficient (Wildman–Crippen LogP) is 3.13. The van der Waals surface area contributed by atoms with Crippen LogP contribution in [-0.4, -0.2) is 11.6 Å². The van der Waals surface area contributed by atoms with Crippen LogP contribution in [0.3, 0.4) is 0 Å². The van der Waals surface area contributed by atoms with E-state index in [0.717, 1.165) is 10.5 Å². The molecule has 21 heavy (non-hydrogen) atoms. The fourth-order valence-corrected chi connectivity index (χ4v) is 3.26. The Morgan fingerprint density at radius 2 is 1.76 bits per heavy atom. The first-order chi connectivity index (χ1) is 10.3. The van der Waals surface area contributed by atoms with Crippen LogP contribution in [0.5, 0.6) is 0 Å². The van der Waals surface area contributed by atoms with Gasteiger partial charge < -0.3 is 10.2 Å². The smallest absolute Gasteiger partial charge is 0.246 e. The highest BCUT2D eigenvalue weighted by Gasteiger charge is 2.32. The van der Waals surface area contributed by atoms with Crippen molar-refractivity contribution in [1.29, 1.82) is 0 Å². The third-order valence-electron chi connectivity index (χ3n) is 3.26. The molecule has 0 unspecified atom stereocenters. The van der Waals surface area contributed by atoms with Crippen LogP contribution in [0.15, 0.2) is 75.4 Å². The van der Waals surface area contributed by atoms with E-state index in [2.05, 4.69) is 10.5 Å². The van der Waals surface area contributed by atoms with Gasteiger partial charge in [0, 0.05) is 16.0 Å². The molecular weight excluding hydrogens is 284 g/mol. The molecule has 4 nitrogen and oxygen atoms in total. The SMILES string of the molecule is O=C1/C(=C2\NC(c3ccccc3)=NO2)Sc2ccccc21. The van der Waals surface area contributed by atoms with Gasteiger partial charge in [0.2, 0.25) is 11.7 Å². The second-order valence-electron chi connectivity index (χ2n) is 4.61. The van der Waals surface area contributed by atoms with Crippen LogP contribution in [0, 0.1) is 0 Å². The fraction of sp³-hybridized carbons (Fsp3) is 0. The van der Waals surface area contributed by atoms with Gasteiger partial charge in [-0.1, -0.05) is 59.4 Å². The summed E-state index contributed by atoms with van der Waals surface area (Å²) < 4.78 is 0. The zero-order valence-electron chi connectivity index (χ0n) is 10.9. The fourth-order valence-electron chi connectivity index (χ4n) is 2.23. The second-order valence-corrected chi connectivity index (χ2v) is 5.66. The molecule has 0 bridgehead atoms. The molecule has 2 aliphatic rings. The number of nitrogens with zero attached hydrogens (tertiary/aromatic N) is 1. The molecule has 0 saturated carbocycles. The Kier molecular flexibility index (Phi) is 2.79. The van der Waals surface area contributed by atoms with Gasteiger partial charge in [-0.05, 0) is 12.1 Å². The summed E-state index contributed by atoms with van der Waals surface area (Å²) in [6, 6.07) is 17.2. The molecule has 1 N–H and O–H groups in total. The standard InChI is InChI=1S/C16H10N2O2S/c19-13-11-8-4-5-9-12(11)21-14(13)16-17-15(18-20-16)10-6-2-1-3-7-10/h1-9H,(H,17,18)/b16-14-. The topological polar surface area (TPSA) is 50.7 Å². The number of oxime groups is 1. The number of carbonyl (C=O) groups excluding carboxylic acids is 1. The van der Waals surface area contributed by atoms with Crippen molar-refractivity contribution in [2.75, 3.05) is 0 Å². The molecular formula is C16H10N2O2S. The number of Topliss-reactive ketones (excluding diaryl/α,β-unsaturated/α-hetero) is 1. The first kappa shape index (κ1) is 12.2. The van der Waals surface area contributed by atoms with Crippen LogP contribution in [-0.2, 0) is 4.84 Å². The van der Waals surface area contributed by atoms with Crippen molar-refractivity contribution in [2.24, 2.45) is 5.16 Å². The van der Waals surface area contributed by atoms with Crippen LogP contribution in [0.2, 0.25) is 0 Å². The third kappa shape index (κ3) is 2.02. The Hall–Kier alpha value is -2.53. The summed E-state index contributed by atoms with van der Waals surface area (Å²) in [5.41, 5.74) is 1.63. The molecule has 0 amide bonds. The summed E-state index contributed by atoms with van der Waals surface area (Å²) in [5, 5.41) is 7.09. The van der Waals surface area contributed by atoms with Crippen molar-refractivity contribution in [3.63, 3.8) is 0 Å². The van der Waals surface area contributed by atoms with E-state index in [4.69, 9.17) is 4.84 Å².